The molecular formula is C15H12F2N2O3. The van der Waals surface area contributed by atoms with Gasteiger partial charge in [0.05, 0.1) is 4.92 Å². The van der Waals surface area contributed by atoms with Gasteiger partial charge in [-0.2, -0.15) is 4.39 Å². The van der Waals surface area contributed by atoms with Crippen LogP contribution in [-0.2, 0) is 6.42 Å². The lowest BCUT2D eigenvalue weighted by molar-refractivity contribution is -0.387. The Bertz CT molecular complexity index is 720. The molecule has 2 rings (SSSR count). The molecule has 114 valence electrons. The Balaban J connectivity index is 2.00. The summed E-state index contributed by atoms with van der Waals surface area (Å²) in [6, 6.07) is 9.06. The molecule has 22 heavy (non-hydrogen) atoms. The van der Waals surface area contributed by atoms with Crippen molar-refractivity contribution in [3.05, 3.63) is 75.3 Å². The smallest absolute Gasteiger partial charge is 0.305 e. The van der Waals surface area contributed by atoms with Crippen molar-refractivity contribution in [1.82, 2.24) is 5.32 Å². The number of nitro benzene ring substituents is 1. The molecule has 5 nitrogen and oxygen atoms in total. The molecule has 0 saturated carbocycles. The molecule has 0 aliphatic heterocycles. The van der Waals surface area contributed by atoms with Crippen LogP contribution in [0.25, 0.3) is 0 Å². The second kappa shape index (κ2) is 6.75. The van der Waals surface area contributed by atoms with Crippen molar-refractivity contribution in [2.45, 2.75) is 6.42 Å². The van der Waals surface area contributed by atoms with E-state index in [4.69, 9.17) is 0 Å². The van der Waals surface area contributed by atoms with Gasteiger partial charge in [-0.3, -0.25) is 14.9 Å². The van der Waals surface area contributed by atoms with Gasteiger partial charge < -0.3 is 5.32 Å². The molecule has 0 atom stereocenters. The Hall–Kier alpha value is -2.83. The summed E-state index contributed by atoms with van der Waals surface area (Å²) >= 11 is 0. The second-order valence-electron chi connectivity index (χ2n) is 4.52. The zero-order chi connectivity index (χ0) is 16.1. The van der Waals surface area contributed by atoms with E-state index in [1.807, 2.05) is 0 Å². The van der Waals surface area contributed by atoms with Crippen LogP contribution in [0.2, 0.25) is 0 Å². The van der Waals surface area contributed by atoms with E-state index in [0.717, 1.165) is 18.2 Å². The molecule has 0 fully saturated rings. The lowest BCUT2D eigenvalue weighted by Crippen LogP contribution is -2.26. The molecule has 1 amide bonds. The minimum Gasteiger partial charge on any atom is -0.352 e. The number of rotatable bonds is 5. The molecule has 0 heterocycles. The summed E-state index contributed by atoms with van der Waals surface area (Å²) in [5.74, 6) is -1.96. The van der Waals surface area contributed by atoms with Gasteiger partial charge in [0.25, 0.3) is 5.91 Å². The molecule has 0 aromatic heterocycles. The zero-order valence-corrected chi connectivity index (χ0v) is 11.4. The topological polar surface area (TPSA) is 72.2 Å². The van der Waals surface area contributed by atoms with E-state index in [9.17, 15) is 23.7 Å². The average Bonchev–Trinajstić information content (AvgIpc) is 2.49. The largest absolute Gasteiger partial charge is 0.352 e. The third-order valence-electron chi connectivity index (χ3n) is 3.04. The molecule has 0 bridgehead atoms. The number of nitrogens with one attached hydrogen (secondary N) is 1. The summed E-state index contributed by atoms with van der Waals surface area (Å²) in [7, 11) is 0. The summed E-state index contributed by atoms with van der Waals surface area (Å²) in [6.07, 6.45) is 0.279. The molecule has 0 aliphatic carbocycles. The van der Waals surface area contributed by atoms with Crippen LogP contribution >= 0.6 is 0 Å². The van der Waals surface area contributed by atoms with E-state index in [1.165, 1.54) is 6.07 Å². The standard InChI is InChI=1S/C15H12F2N2O3/c16-12-4-2-1-3-10(12)7-8-18-15(20)11-5-6-13(17)14(9-11)19(21)22/h1-6,9H,7-8H2,(H,18,20). The third kappa shape index (κ3) is 3.63. The van der Waals surface area contributed by atoms with Gasteiger partial charge in [-0.25, -0.2) is 4.39 Å². The molecule has 2 aromatic carbocycles. The predicted octanol–water partition coefficient (Wildman–Crippen LogP) is 2.85. The lowest BCUT2D eigenvalue weighted by Gasteiger charge is -2.06. The number of amides is 1. The molecule has 1 N–H and O–H groups in total. The quantitative estimate of drug-likeness (QED) is 0.682. The second-order valence-corrected chi connectivity index (χ2v) is 4.52. The molecule has 0 unspecified atom stereocenters. The molecule has 0 saturated heterocycles. The van der Waals surface area contributed by atoms with Crippen LogP contribution in [0.4, 0.5) is 14.5 Å². The average molecular weight is 306 g/mol. The fourth-order valence-electron chi connectivity index (χ4n) is 1.91. The van der Waals surface area contributed by atoms with Crippen molar-refractivity contribution in [2.24, 2.45) is 0 Å². The minimum absolute atomic E-state index is 0.0263. The number of hydrogen-bond acceptors (Lipinski definition) is 3. The number of hydrogen-bond donors (Lipinski definition) is 1. The Morgan fingerprint density at radius 1 is 1.14 bits per heavy atom. The van der Waals surface area contributed by atoms with Gasteiger partial charge in [-0.1, -0.05) is 18.2 Å². The van der Waals surface area contributed by atoms with E-state index in [-0.39, 0.29) is 24.3 Å². The van der Waals surface area contributed by atoms with Gasteiger partial charge in [-0.05, 0) is 30.2 Å². The van der Waals surface area contributed by atoms with Crippen molar-refractivity contribution in [3.63, 3.8) is 0 Å². The van der Waals surface area contributed by atoms with E-state index in [1.54, 1.807) is 18.2 Å². The van der Waals surface area contributed by atoms with Crippen LogP contribution < -0.4 is 5.32 Å². The Morgan fingerprint density at radius 2 is 1.86 bits per heavy atom. The maximum absolute atomic E-state index is 13.4. The monoisotopic (exact) mass is 306 g/mol. The van der Waals surface area contributed by atoms with Gasteiger partial charge in [0.15, 0.2) is 0 Å². The molecule has 7 heteroatoms. The summed E-state index contributed by atoms with van der Waals surface area (Å²) in [6.45, 7) is 0.158. The van der Waals surface area contributed by atoms with Crippen molar-refractivity contribution in [3.8, 4) is 0 Å². The summed E-state index contributed by atoms with van der Waals surface area (Å²) < 4.78 is 26.6. The Kier molecular flexibility index (Phi) is 4.77. The minimum atomic E-state index is -1.01. The van der Waals surface area contributed by atoms with Gasteiger partial charge in [0.1, 0.15) is 5.82 Å². The first-order chi connectivity index (χ1) is 10.5. The van der Waals surface area contributed by atoms with Crippen LogP contribution in [-0.4, -0.2) is 17.4 Å². The van der Waals surface area contributed by atoms with Gasteiger partial charge in [-0.15, -0.1) is 0 Å². The molecule has 0 radical (unpaired) electrons. The van der Waals surface area contributed by atoms with Crippen molar-refractivity contribution < 1.29 is 18.5 Å². The number of carbonyl (C=O) groups excluding carboxylic acids is 1. The van der Waals surface area contributed by atoms with E-state index in [2.05, 4.69) is 5.32 Å². The fraction of sp³-hybridized carbons (Fsp3) is 0.133. The van der Waals surface area contributed by atoms with Crippen molar-refractivity contribution in [1.29, 1.82) is 0 Å². The summed E-state index contributed by atoms with van der Waals surface area (Å²) in [5.41, 5.74) is -0.337. The lowest BCUT2D eigenvalue weighted by atomic mass is 10.1. The number of nitrogens with zero attached hydrogens (tertiary/aromatic N) is 1. The van der Waals surface area contributed by atoms with Crippen LogP contribution in [0.15, 0.2) is 42.5 Å². The first kappa shape index (κ1) is 15.6. The predicted molar refractivity (Wildman–Crippen MR) is 75.5 cm³/mol. The van der Waals surface area contributed by atoms with Gasteiger partial charge >= 0.3 is 5.69 Å². The highest BCUT2D eigenvalue weighted by molar-refractivity contribution is 5.94. The number of benzene rings is 2. The summed E-state index contributed by atoms with van der Waals surface area (Å²) in [4.78, 5) is 21.6. The number of halogens is 2. The number of nitro groups is 1. The highest BCUT2D eigenvalue weighted by Crippen LogP contribution is 2.18. The Morgan fingerprint density at radius 3 is 2.55 bits per heavy atom. The molecule has 0 aliphatic rings. The van der Waals surface area contributed by atoms with Gasteiger partial charge in [0.2, 0.25) is 5.82 Å². The van der Waals surface area contributed by atoms with Crippen LogP contribution in [0.5, 0.6) is 0 Å². The molecule has 0 spiro atoms. The van der Waals surface area contributed by atoms with Crippen molar-refractivity contribution in [2.75, 3.05) is 6.54 Å². The van der Waals surface area contributed by atoms with Crippen LogP contribution in [0, 0.1) is 21.7 Å². The molecule has 2 aromatic rings. The van der Waals surface area contributed by atoms with Crippen LogP contribution in [0.1, 0.15) is 15.9 Å². The van der Waals surface area contributed by atoms with Gasteiger partial charge in [0, 0.05) is 18.2 Å². The van der Waals surface area contributed by atoms with E-state index >= 15 is 0 Å². The maximum atomic E-state index is 13.4. The summed E-state index contributed by atoms with van der Waals surface area (Å²) in [5, 5.41) is 13.1. The normalized spacial score (nSPS) is 10.3. The SMILES string of the molecule is O=C(NCCc1ccccc1F)c1ccc(F)c([N+](=O)[O-])c1. The molecular weight excluding hydrogens is 294 g/mol. The zero-order valence-electron chi connectivity index (χ0n) is 11.4. The first-order valence-electron chi connectivity index (χ1n) is 6.44. The number of carbonyl (C=O) groups is 1. The maximum Gasteiger partial charge on any atom is 0.305 e. The first-order valence-corrected chi connectivity index (χ1v) is 6.44. The third-order valence-corrected chi connectivity index (χ3v) is 3.04. The fourth-order valence-corrected chi connectivity index (χ4v) is 1.91. The highest BCUT2D eigenvalue weighted by Gasteiger charge is 2.17. The Labute approximate surface area is 124 Å². The van der Waals surface area contributed by atoms with Crippen molar-refractivity contribution >= 4 is 11.6 Å². The van der Waals surface area contributed by atoms with Crippen LogP contribution in [0.3, 0.4) is 0 Å². The van der Waals surface area contributed by atoms with E-state index < -0.39 is 22.3 Å². The van der Waals surface area contributed by atoms with E-state index in [0.29, 0.717) is 5.56 Å². The highest BCUT2D eigenvalue weighted by atomic mass is 19.1.